The standard InChI is InChI=1S/C53H39NO2/c1-4-10-45-39(7-1)40-20-15-33(25-47(40)53(45)35-24-31-23-34-30-52(53,29-31)46(34)26-35)32-13-16-36(17-14-32)54(37-18-21-43-41-8-2-5-11-48(41)55-50(43)27-37)38-19-22-44-42-9-3-6-12-49(42)56-51(44)28-38/h1-22,25,27-28,31,34-35,46H,23-24,26,29-30H2. The molecule has 2 spiro atoms. The van der Waals surface area contributed by atoms with Gasteiger partial charge in [0.05, 0.1) is 0 Å². The van der Waals surface area contributed by atoms with Gasteiger partial charge < -0.3 is 13.7 Å². The summed E-state index contributed by atoms with van der Waals surface area (Å²) in [7, 11) is 0. The van der Waals surface area contributed by atoms with Crippen molar-refractivity contribution in [2.45, 2.75) is 37.5 Å². The third-order valence-electron chi connectivity index (χ3n) is 15.5. The Labute approximate surface area is 325 Å². The van der Waals surface area contributed by atoms with Crippen LogP contribution in [0.1, 0.15) is 43.2 Å². The predicted octanol–water partition coefficient (Wildman–Crippen LogP) is 14.3. The molecule has 5 saturated carbocycles. The minimum atomic E-state index is 0.175. The molecule has 3 heteroatoms. The summed E-state index contributed by atoms with van der Waals surface area (Å²) in [6, 6.07) is 56.0. The predicted molar refractivity (Wildman–Crippen MR) is 227 cm³/mol. The van der Waals surface area contributed by atoms with Gasteiger partial charge >= 0.3 is 0 Å². The lowest BCUT2D eigenvalue weighted by Gasteiger charge is -2.67. The molecule has 2 aromatic heterocycles. The van der Waals surface area contributed by atoms with Gasteiger partial charge in [-0.15, -0.1) is 0 Å². The van der Waals surface area contributed by atoms with Crippen molar-refractivity contribution in [1.82, 2.24) is 0 Å². The zero-order valence-corrected chi connectivity index (χ0v) is 31.0. The molecule has 56 heavy (non-hydrogen) atoms. The van der Waals surface area contributed by atoms with Crippen LogP contribution in [0.15, 0.2) is 160 Å². The normalized spacial score (nSPS) is 26.4. The van der Waals surface area contributed by atoms with Gasteiger partial charge in [-0.1, -0.05) is 84.9 Å². The molecule has 5 fully saturated rings. The van der Waals surface area contributed by atoms with Crippen molar-refractivity contribution in [2.75, 3.05) is 4.90 Å². The van der Waals surface area contributed by atoms with Crippen LogP contribution in [0.25, 0.3) is 66.1 Å². The van der Waals surface area contributed by atoms with Gasteiger partial charge in [-0.05, 0) is 149 Å². The highest BCUT2D eigenvalue weighted by Crippen LogP contribution is 2.84. The fraction of sp³-hybridized carbons (Fsp3) is 0.208. The molecule has 0 amide bonds. The quantitative estimate of drug-likeness (QED) is 0.181. The zero-order chi connectivity index (χ0) is 36.3. The molecule has 6 unspecified atom stereocenters. The van der Waals surface area contributed by atoms with Gasteiger partial charge in [0.2, 0.25) is 0 Å². The van der Waals surface area contributed by atoms with Crippen molar-refractivity contribution >= 4 is 60.9 Å². The molecular weight excluding hydrogens is 683 g/mol. The van der Waals surface area contributed by atoms with Crippen molar-refractivity contribution in [2.24, 2.45) is 29.1 Å². The van der Waals surface area contributed by atoms with Crippen molar-refractivity contribution in [3.05, 3.63) is 163 Å². The third-order valence-corrected chi connectivity index (χ3v) is 15.5. The molecule has 15 rings (SSSR count). The van der Waals surface area contributed by atoms with Crippen LogP contribution >= 0.6 is 0 Å². The van der Waals surface area contributed by atoms with Gasteiger partial charge in [0.25, 0.3) is 0 Å². The number of hydrogen-bond acceptors (Lipinski definition) is 3. The lowest BCUT2D eigenvalue weighted by Crippen LogP contribution is -2.62. The van der Waals surface area contributed by atoms with E-state index in [4.69, 9.17) is 8.83 Å². The maximum absolute atomic E-state index is 6.41. The fourth-order valence-electron chi connectivity index (χ4n) is 13.8. The molecule has 0 radical (unpaired) electrons. The monoisotopic (exact) mass is 721 g/mol. The van der Waals surface area contributed by atoms with E-state index < -0.39 is 0 Å². The molecule has 6 atom stereocenters. The molecule has 7 aromatic carbocycles. The summed E-state index contributed by atoms with van der Waals surface area (Å²) in [5.41, 5.74) is 16.2. The summed E-state index contributed by atoms with van der Waals surface area (Å²) in [6.07, 6.45) is 7.22. The number of benzene rings is 7. The number of nitrogens with zero attached hydrogens (tertiary/aromatic N) is 1. The average Bonchev–Trinajstić information content (AvgIpc) is 3.90. The van der Waals surface area contributed by atoms with Crippen LogP contribution < -0.4 is 4.90 Å². The van der Waals surface area contributed by atoms with Crippen LogP contribution in [0.2, 0.25) is 0 Å². The number of hydrogen-bond donors (Lipinski definition) is 0. The molecule has 2 heterocycles. The number of rotatable bonds is 4. The second-order valence-electron chi connectivity index (χ2n) is 17.8. The maximum atomic E-state index is 6.41. The second-order valence-corrected chi connectivity index (χ2v) is 17.8. The summed E-state index contributed by atoms with van der Waals surface area (Å²) in [5.74, 6) is 3.59. The zero-order valence-electron chi connectivity index (χ0n) is 31.0. The molecule has 268 valence electrons. The fourth-order valence-corrected chi connectivity index (χ4v) is 13.8. The average molecular weight is 722 g/mol. The van der Waals surface area contributed by atoms with Gasteiger partial charge in [-0.3, -0.25) is 0 Å². The summed E-state index contributed by atoms with van der Waals surface area (Å²) in [4.78, 5) is 2.33. The van der Waals surface area contributed by atoms with Gasteiger partial charge in [0, 0.05) is 56.2 Å². The molecule has 0 aliphatic heterocycles. The molecular formula is C53H39NO2. The minimum Gasteiger partial charge on any atom is -0.456 e. The Morgan fingerprint density at radius 2 is 1.07 bits per heavy atom. The smallest absolute Gasteiger partial charge is 0.137 e. The highest BCUT2D eigenvalue weighted by atomic mass is 16.3. The topological polar surface area (TPSA) is 29.5 Å². The summed E-state index contributed by atoms with van der Waals surface area (Å²) >= 11 is 0. The van der Waals surface area contributed by atoms with Crippen LogP contribution in [0.4, 0.5) is 17.1 Å². The Bertz CT molecular complexity index is 3020. The van der Waals surface area contributed by atoms with Crippen molar-refractivity contribution in [1.29, 1.82) is 0 Å². The molecule has 9 aromatic rings. The number of anilines is 3. The second kappa shape index (κ2) is 10.4. The SMILES string of the molecule is c1ccc2c(c1)-c1ccc(-c3ccc(N(c4ccc5c(c4)oc4ccccc45)c4ccc5c(c4)oc4ccccc45)cc3)cc1C21C2CC3CC4CC1(C3)C4C2. The van der Waals surface area contributed by atoms with E-state index >= 15 is 0 Å². The van der Waals surface area contributed by atoms with E-state index in [1.807, 2.05) is 24.3 Å². The summed E-state index contributed by atoms with van der Waals surface area (Å²) in [5, 5.41) is 4.52. The Morgan fingerprint density at radius 1 is 0.464 bits per heavy atom. The largest absolute Gasteiger partial charge is 0.456 e. The van der Waals surface area contributed by atoms with Crippen LogP contribution in [-0.4, -0.2) is 0 Å². The first kappa shape index (κ1) is 30.2. The summed E-state index contributed by atoms with van der Waals surface area (Å²) < 4.78 is 12.8. The van der Waals surface area contributed by atoms with Crippen molar-refractivity contribution in [3.63, 3.8) is 0 Å². The molecule has 6 aliphatic carbocycles. The maximum Gasteiger partial charge on any atom is 0.137 e. The molecule has 0 saturated heterocycles. The summed E-state index contributed by atoms with van der Waals surface area (Å²) in [6.45, 7) is 0. The van der Waals surface area contributed by atoms with E-state index in [-0.39, 0.29) is 5.41 Å². The van der Waals surface area contributed by atoms with E-state index in [0.717, 1.165) is 84.6 Å². The van der Waals surface area contributed by atoms with Crippen LogP contribution in [0, 0.1) is 29.1 Å². The van der Waals surface area contributed by atoms with E-state index in [2.05, 4.69) is 132 Å². The number of para-hydroxylation sites is 2. The van der Waals surface area contributed by atoms with Crippen molar-refractivity contribution in [3.8, 4) is 22.3 Å². The van der Waals surface area contributed by atoms with E-state index in [0.29, 0.717) is 5.41 Å². The van der Waals surface area contributed by atoms with E-state index in [1.165, 1.54) is 54.4 Å². The third kappa shape index (κ3) is 3.61. The highest BCUT2D eigenvalue weighted by molar-refractivity contribution is 6.08. The van der Waals surface area contributed by atoms with Gasteiger partial charge in [0.1, 0.15) is 22.3 Å². The number of furan rings is 2. The lowest BCUT2D eigenvalue weighted by molar-refractivity contribution is -0.140. The van der Waals surface area contributed by atoms with Gasteiger partial charge in [-0.2, -0.15) is 0 Å². The molecule has 4 bridgehead atoms. The van der Waals surface area contributed by atoms with Crippen molar-refractivity contribution < 1.29 is 8.83 Å². The lowest BCUT2D eigenvalue weighted by atomic mass is 9.36. The first-order valence-electron chi connectivity index (χ1n) is 20.6. The van der Waals surface area contributed by atoms with E-state index in [1.54, 1.807) is 11.1 Å². The first-order valence-corrected chi connectivity index (χ1v) is 20.6. The van der Waals surface area contributed by atoms with E-state index in [9.17, 15) is 0 Å². The van der Waals surface area contributed by atoms with Crippen LogP contribution in [0.3, 0.4) is 0 Å². The van der Waals surface area contributed by atoms with Crippen LogP contribution in [-0.2, 0) is 5.41 Å². The molecule has 0 N–H and O–H groups in total. The van der Waals surface area contributed by atoms with Gasteiger partial charge in [0.15, 0.2) is 0 Å². The Morgan fingerprint density at radius 3 is 1.80 bits per heavy atom. The molecule has 3 nitrogen and oxygen atoms in total. The Balaban J connectivity index is 0.903. The van der Waals surface area contributed by atoms with Crippen LogP contribution in [0.5, 0.6) is 0 Å². The van der Waals surface area contributed by atoms with Gasteiger partial charge in [-0.25, -0.2) is 0 Å². The highest BCUT2D eigenvalue weighted by Gasteiger charge is 2.78. The minimum absolute atomic E-state index is 0.175. The Hall–Kier alpha value is -6.06. The number of fused-ring (bicyclic) bond motifs is 9. The Kier molecular flexibility index (Phi) is 5.61. The molecule has 6 aliphatic rings. The first-order chi connectivity index (χ1) is 27.7.